The molecule has 28 heavy (non-hydrogen) atoms. The molecule has 0 spiro atoms. The third kappa shape index (κ3) is 4.25. The van der Waals surface area contributed by atoms with Gasteiger partial charge in [-0.25, -0.2) is 17.8 Å². The van der Waals surface area contributed by atoms with E-state index in [1.165, 1.54) is 18.6 Å². The summed E-state index contributed by atoms with van der Waals surface area (Å²) in [6.07, 6.45) is -2.36. The molecule has 6 nitrogen and oxygen atoms in total. The molecule has 0 atom stereocenters. The number of benzene rings is 1. The highest BCUT2D eigenvalue weighted by Crippen LogP contribution is 2.31. The number of anilines is 1. The first kappa shape index (κ1) is 20.1. The van der Waals surface area contributed by atoms with E-state index in [1.54, 1.807) is 25.3 Å². The number of aryl methyl sites for hydroxylation is 1. The molecule has 148 valence electrons. The number of nitrogens with zero attached hydrogens (tertiary/aromatic N) is 3. The maximum Gasteiger partial charge on any atom is 0.574 e. The van der Waals surface area contributed by atoms with Crippen molar-refractivity contribution < 1.29 is 26.3 Å². The average molecular weight is 429 g/mol. The summed E-state index contributed by atoms with van der Waals surface area (Å²) >= 11 is 1.27. The van der Waals surface area contributed by atoms with Crippen molar-refractivity contribution in [2.75, 3.05) is 11.4 Å². The SMILES string of the molecule is Cc1ccc(-c2cnsc2)cc1N(C)S(=O)(=O)c1ccnc(OC(F)(F)F)c1. The largest absolute Gasteiger partial charge is 0.574 e. The molecule has 0 amide bonds. The van der Waals surface area contributed by atoms with Gasteiger partial charge in [0.15, 0.2) is 0 Å². The van der Waals surface area contributed by atoms with Crippen LogP contribution in [-0.4, -0.2) is 31.2 Å². The smallest absolute Gasteiger partial charge is 0.388 e. The maximum atomic E-state index is 13.0. The highest BCUT2D eigenvalue weighted by Gasteiger charge is 2.32. The summed E-state index contributed by atoms with van der Waals surface area (Å²) < 4.78 is 71.9. The predicted molar refractivity (Wildman–Crippen MR) is 98.8 cm³/mol. The van der Waals surface area contributed by atoms with Crippen LogP contribution in [0.4, 0.5) is 18.9 Å². The lowest BCUT2D eigenvalue weighted by atomic mass is 10.1. The molecular formula is C17H14F3N3O3S2. The second-order valence-corrected chi connectivity index (χ2v) is 8.39. The minimum atomic E-state index is -4.97. The molecule has 0 fully saturated rings. The number of ether oxygens (including phenoxy) is 1. The molecule has 3 aromatic rings. The Morgan fingerprint density at radius 3 is 2.54 bits per heavy atom. The molecular weight excluding hydrogens is 415 g/mol. The first-order valence-corrected chi connectivity index (χ1v) is 10.1. The van der Waals surface area contributed by atoms with Crippen LogP contribution in [-0.2, 0) is 10.0 Å². The Kier molecular flexibility index (Phi) is 5.31. The Morgan fingerprint density at radius 2 is 1.89 bits per heavy atom. The third-order valence-electron chi connectivity index (χ3n) is 3.90. The Balaban J connectivity index is 1.99. The Labute approximate surface area is 163 Å². The van der Waals surface area contributed by atoms with Gasteiger partial charge in [0.25, 0.3) is 10.0 Å². The van der Waals surface area contributed by atoms with Crippen molar-refractivity contribution in [2.24, 2.45) is 0 Å². The van der Waals surface area contributed by atoms with Crippen molar-refractivity contribution in [3.8, 4) is 17.0 Å². The monoisotopic (exact) mass is 429 g/mol. The average Bonchev–Trinajstić information content (AvgIpc) is 3.15. The molecule has 11 heteroatoms. The van der Waals surface area contributed by atoms with Crippen molar-refractivity contribution in [1.82, 2.24) is 9.36 Å². The zero-order valence-corrected chi connectivity index (χ0v) is 16.3. The molecule has 3 rings (SSSR count). The van der Waals surface area contributed by atoms with Gasteiger partial charge < -0.3 is 4.74 Å². The number of pyridine rings is 1. The van der Waals surface area contributed by atoms with E-state index in [-0.39, 0.29) is 4.90 Å². The zero-order valence-electron chi connectivity index (χ0n) is 14.6. The minimum absolute atomic E-state index is 0.369. The lowest BCUT2D eigenvalue weighted by Crippen LogP contribution is -2.27. The van der Waals surface area contributed by atoms with Crippen molar-refractivity contribution in [3.05, 3.63) is 53.7 Å². The first-order valence-electron chi connectivity index (χ1n) is 7.79. The van der Waals surface area contributed by atoms with Crippen LogP contribution in [0.5, 0.6) is 5.88 Å². The van der Waals surface area contributed by atoms with Crippen molar-refractivity contribution >= 4 is 27.2 Å². The first-order chi connectivity index (χ1) is 13.1. The van der Waals surface area contributed by atoms with Crippen LogP contribution in [0.1, 0.15) is 5.56 Å². The van der Waals surface area contributed by atoms with Crippen LogP contribution in [0.2, 0.25) is 0 Å². The van der Waals surface area contributed by atoms with Gasteiger partial charge in [0.2, 0.25) is 5.88 Å². The van der Waals surface area contributed by atoms with Gasteiger partial charge in [0, 0.05) is 36.5 Å². The van der Waals surface area contributed by atoms with E-state index < -0.39 is 22.3 Å². The highest BCUT2D eigenvalue weighted by atomic mass is 32.2. The molecule has 0 bridgehead atoms. The Morgan fingerprint density at radius 1 is 1.14 bits per heavy atom. The number of hydrogen-bond acceptors (Lipinski definition) is 6. The molecule has 1 aromatic carbocycles. The van der Waals surface area contributed by atoms with Crippen molar-refractivity contribution in [3.63, 3.8) is 0 Å². The number of halogens is 3. The second-order valence-electron chi connectivity index (χ2n) is 5.76. The van der Waals surface area contributed by atoms with Gasteiger partial charge in [-0.1, -0.05) is 12.1 Å². The van der Waals surface area contributed by atoms with Crippen molar-refractivity contribution in [1.29, 1.82) is 0 Å². The molecule has 0 unspecified atom stereocenters. The van der Waals surface area contributed by atoms with Gasteiger partial charge in [-0.2, -0.15) is 0 Å². The lowest BCUT2D eigenvalue weighted by Gasteiger charge is -2.22. The summed E-state index contributed by atoms with van der Waals surface area (Å²) in [7, 11) is -2.81. The molecule has 0 N–H and O–H groups in total. The highest BCUT2D eigenvalue weighted by molar-refractivity contribution is 7.92. The number of hydrogen-bond donors (Lipinski definition) is 0. The predicted octanol–water partition coefficient (Wildman–Crippen LogP) is 4.24. The van der Waals surface area contributed by atoms with E-state index in [0.717, 1.165) is 33.8 Å². The molecule has 0 saturated carbocycles. The van der Waals surface area contributed by atoms with Gasteiger partial charge in [0.1, 0.15) is 0 Å². The van der Waals surface area contributed by atoms with E-state index in [0.29, 0.717) is 11.3 Å². The molecule has 0 aliphatic heterocycles. The van der Waals surface area contributed by atoms with Crippen LogP contribution in [0.3, 0.4) is 0 Å². The van der Waals surface area contributed by atoms with Gasteiger partial charge in [-0.05, 0) is 41.7 Å². The fourth-order valence-electron chi connectivity index (χ4n) is 2.49. The maximum absolute atomic E-state index is 13.0. The molecule has 0 saturated heterocycles. The van der Waals surface area contributed by atoms with Crippen LogP contribution < -0.4 is 9.04 Å². The lowest BCUT2D eigenvalue weighted by molar-refractivity contribution is -0.276. The Hall–Kier alpha value is -2.66. The van der Waals surface area contributed by atoms with Gasteiger partial charge in [-0.3, -0.25) is 4.31 Å². The topological polar surface area (TPSA) is 72.4 Å². The van der Waals surface area contributed by atoms with Gasteiger partial charge in [0.05, 0.1) is 10.6 Å². The molecule has 0 aliphatic rings. The standard InChI is InChI=1S/C17H14F3N3O3S2/c1-11-3-4-12(13-9-22-27-10-13)7-15(11)23(2)28(24,25)14-5-6-21-16(8-14)26-17(18,19)20/h3-10H,1-2H3. The van der Waals surface area contributed by atoms with E-state index in [1.807, 2.05) is 11.4 Å². The summed E-state index contributed by atoms with van der Waals surface area (Å²) in [5.41, 5.74) is 2.67. The summed E-state index contributed by atoms with van der Waals surface area (Å²) in [4.78, 5) is 3.04. The van der Waals surface area contributed by atoms with Gasteiger partial charge >= 0.3 is 6.36 Å². The van der Waals surface area contributed by atoms with Crippen LogP contribution in [0.25, 0.3) is 11.1 Å². The summed E-state index contributed by atoms with van der Waals surface area (Å²) in [6, 6.07) is 7.13. The molecule has 2 aromatic heterocycles. The Bertz CT molecular complexity index is 1080. The van der Waals surface area contributed by atoms with E-state index >= 15 is 0 Å². The normalized spacial score (nSPS) is 12.0. The minimum Gasteiger partial charge on any atom is -0.388 e. The quantitative estimate of drug-likeness (QED) is 0.607. The molecule has 2 heterocycles. The summed E-state index contributed by atoms with van der Waals surface area (Å²) in [5, 5.41) is 1.83. The van der Waals surface area contributed by atoms with Crippen LogP contribution in [0.15, 0.2) is 53.0 Å². The summed E-state index contributed by atoms with van der Waals surface area (Å²) in [5.74, 6) is -0.850. The zero-order chi connectivity index (χ0) is 20.5. The summed E-state index contributed by atoms with van der Waals surface area (Å²) in [6.45, 7) is 1.74. The number of rotatable bonds is 5. The molecule has 0 aliphatic carbocycles. The number of sulfonamides is 1. The third-order valence-corrected chi connectivity index (χ3v) is 6.25. The molecule has 0 radical (unpaired) electrons. The number of aromatic nitrogens is 2. The fraction of sp³-hybridized carbons (Fsp3) is 0.176. The van der Waals surface area contributed by atoms with Crippen LogP contribution in [0, 0.1) is 6.92 Å². The fourth-order valence-corrected chi connectivity index (χ4v) is 4.29. The van der Waals surface area contributed by atoms with Crippen molar-refractivity contribution in [2.45, 2.75) is 18.2 Å². The van der Waals surface area contributed by atoms with E-state index in [4.69, 9.17) is 0 Å². The van der Waals surface area contributed by atoms with Crippen LogP contribution >= 0.6 is 11.5 Å². The number of alkyl halides is 3. The second kappa shape index (κ2) is 7.40. The van der Waals surface area contributed by atoms with Gasteiger partial charge in [-0.15, -0.1) is 13.2 Å². The van der Waals surface area contributed by atoms with E-state index in [2.05, 4.69) is 14.1 Å². The van der Waals surface area contributed by atoms with E-state index in [9.17, 15) is 21.6 Å².